The zero-order valence-electron chi connectivity index (χ0n) is 22.9. The third kappa shape index (κ3) is 8.78. The summed E-state index contributed by atoms with van der Waals surface area (Å²) in [5, 5.41) is 5.69. The molecule has 38 heavy (non-hydrogen) atoms. The van der Waals surface area contributed by atoms with E-state index < -0.39 is 24.2 Å². The molecule has 0 saturated carbocycles. The van der Waals surface area contributed by atoms with Crippen molar-refractivity contribution in [2.45, 2.75) is 72.2 Å². The summed E-state index contributed by atoms with van der Waals surface area (Å²) in [5.41, 5.74) is 1.62. The van der Waals surface area contributed by atoms with Crippen LogP contribution < -0.4 is 20.3 Å². The Labute approximate surface area is 226 Å². The number of fused-ring (bicyclic) bond motifs is 1. The second kappa shape index (κ2) is 14.4. The zero-order valence-corrected chi connectivity index (χ0v) is 22.9. The van der Waals surface area contributed by atoms with Gasteiger partial charge in [0.05, 0.1) is 12.3 Å². The van der Waals surface area contributed by atoms with E-state index in [0.29, 0.717) is 44.1 Å². The third-order valence-corrected chi connectivity index (χ3v) is 6.37. The number of hydrogen-bond donors (Lipinski definition) is 2. The molecule has 1 aliphatic heterocycles. The molecule has 0 bridgehead atoms. The number of nitrogens with zero attached hydrogens (tertiary/aromatic N) is 1. The Morgan fingerprint density at radius 3 is 2.37 bits per heavy atom. The van der Waals surface area contributed by atoms with Crippen molar-refractivity contribution in [1.82, 2.24) is 10.6 Å². The van der Waals surface area contributed by atoms with Gasteiger partial charge in [0.2, 0.25) is 5.91 Å². The summed E-state index contributed by atoms with van der Waals surface area (Å²) in [5.74, 6) is 0.675. The lowest BCUT2D eigenvalue weighted by Crippen LogP contribution is -2.58. The Hall–Kier alpha value is -3.55. The molecule has 1 heterocycles. The number of alkyl carbamates (subject to hydrolysis) is 1. The second-order valence-electron chi connectivity index (χ2n) is 10.6. The highest BCUT2D eigenvalue weighted by Crippen LogP contribution is 2.32. The minimum atomic E-state index is -0.874. The summed E-state index contributed by atoms with van der Waals surface area (Å²) >= 11 is 0. The van der Waals surface area contributed by atoms with Gasteiger partial charge in [-0.15, -0.1) is 0 Å². The number of nitrogens with one attached hydrogen (secondary N) is 2. The predicted octanol–water partition coefficient (Wildman–Crippen LogP) is 5.06. The lowest BCUT2D eigenvalue weighted by molar-refractivity contribution is -0.129. The van der Waals surface area contributed by atoms with Crippen LogP contribution in [0.15, 0.2) is 54.6 Å². The summed E-state index contributed by atoms with van der Waals surface area (Å²) in [7, 11) is 0. The fourth-order valence-corrected chi connectivity index (χ4v) is 4.37. The first-order chi connectivity index (χ1) is 18.2. The number of Topliss-reactive ketones (excluding diaryl/α,β-unsaturated/α-hetero) is 1. The van der Waals surface area contributed by atoms with Gasteiger partial charge in [0.25, 0.3) is 0 Å². The number of anilines is 1. The summed E-state index contributed by atoms with van der Waals surface area (Å²) in [6, 6.07) is 16.1. The van der Waals surface area contributed by atoms with Crippen LogP contribution in [0.5, 0.6) is 5.75 Å². The van der Waals surface area contributed by atoms with Crippen molar-refractivity contribution < 1.29 is 23.9 Å². The molecule has 2 aromatic rings. The fourth-order valence-electron chi connectivity index (χ4n) is 4.37. The Morgan fingerprint density at radius 1 is 0.947 bits per heavy atom. The number of benzene rings is 2. The van der Waals surface area contributed by atoms with E-state index in [1.165, 1.54) is 0 Å². The van der Waals surface area contributed by atoms with E-state index in [9.17, 15) is 14.4 Å². The molecule has 206 valence electrons. The number of para-hydroxylation sites is 2. The summed E-state index contributed by atoms with van der Waals surface area (Å²) < 4.78 is 11.3. The molecule has 0 aliphatic carbocycles. The lowest BCUT2D eigenvalue weighted by Gasteiger charge is -2.34. The minimum absolute atomic E-state index is 0.0706. The van der Waals surface area contributed by atoms with Crippen molar-refractivity contribution in [2.75, 3.05) is 18.1 Å². The first kappa shape index (κ1) is 29.0. The fraction of sp³-hybridized carbons (Fsp3) is 0.500. The van der Waals surface area contributed by atoms with E-state index >= 15 is 0 Å². The molecule has 8 nitrogen and oxygen atoms in total. The molecule has 2 amide bonds. The average molecular weight is 524 g/mol. The van der Waals surface area contributed by atoms with Gasteiger partial charge >= 0.3 is 6.09 Å². The second-order valence-corrected chi connectivity index (χ2v) is 10.6. The molecular weight excluding hydrogens is 482 g/mol. The summed E-state index contributed by atoms with van der Waals surface area (Å²) in [4.78, 5) is 41.6. The molecule has 0 aromatic heterocycles. The smallest absolute Gasteiger partial charge is 0.408 e. The largest absolute Gasteiger partial charge is 0.491 e. The van der Waals surface area contributed by atoms with Gasteiger partial charge in [0.1, 0.15) is 18.4 Å². The van der Waals surface area contributed by atoms with Crippen LogP contribution in [-0.2, 0) is 20.9 Å². The Bertz CT molecular complexity index is 1060. The molecule has 0 fully saturated rings. The van der Waals surface area contributed by atoms with Crippen LogP contribution in [0.2, 0.25) is 0 Å². The molecule has 2 atom stereocenters. The van der Waals surface area contributed by atoms with Crippen molar-refractivity contribution in [2.24, 2.45) is 11.8 Å². The third-order valence-electron chi connectivity index (χ3n) is 6.37. The number of amides is 2. The van der Waals surface area contributed by atoms with Gasteiger partial charge in [-0.3, -0.25) is 9.59 Å². The molecule has 2 aromatic carbocycles. The summed E-state index contributed by atoms with van der Waals surface area (Å²) in [6.45, 7) is 9.27. The van der Waals surface area contributed by atoms with E-state index in [4.69, 9.17) is 9.47 Å². The molecule has 1 unspecified atom stereocenters. The van der Waals surface area contributed by atoms with Crippen molar-refractivity contribution >= 4 is 23.5 Å². The first-order valence-corrected chi connectivity index (χ1v) is 13.5. The maximum absolute atomic E-state index is 13.6. The quantitative estimate of drug-likeness (QED) is 0.404. The van der Waals surface area contributed by atoms with Crippen LogP contribution in [-0.4, -0.2) is 43.1 Å². The van der Waals surface area contributed by atoms with Crippen molar-refractivity contribution in [3.8, 4) is 5.75 Å². The SMILES string of the molecule is CC(C)CCC(=O)C(NC(=O)[C@H](CC(C)C)NC(=O)OCc1ccccc1)N1CCCOc2ccccc21. The molecule has 1 aliphatic rings. The molecule has 3 rings (SSSR count). The number of carbonyl (C=O) groups excluding carboxylic acids is 3. The van der Waals surface area contributed by atoms with Crippen LogP contribution in [0.1, 0.15) is 58.9 Å². The monoisotopic (exact) mass is 523 g/mol. The van der Waals surface area contributed by atoms with Crippen LogP contribution in [0, 0.1) is 11.8 Å². The van der Waals surface area contributed by atoms with Crippen LogP contribution in [0.25, 0.3) is 0 Å². The van der Waals surface area contributed by atoms with Gasteiger partial charge in [-0.2, -0.15) is 0 Å². The Morgan fingerprint density at radius 2 is 1.66 bits per heavy atom. The van der Waals surface area contributed by atoms with Crippen molar-refractivity contribution in [3.05, 3.63) is 60.2 Å². The molecule has 0 saturated heterocycles. The van der Waals surface area contributed by atoms with Crippen molar-refractivity contribution in [3.63, 3.8) is 0 Å². The van der Waals surface area contributed by atoms with Gasteiger partial charge < -0.3 is 25.0 Å². The number of ether oxygens (including phenoxy) is 2. The molecular formula is C30H41N3O5. The zero-order chi connectivity index (χ0) is 27.5. The van der Waals surface area contributed by atoms with Gasteiger partial charge in [0, 0.05) is 13.0 Å². The Kier molecular flexibility index (Phi) is 11.0. The van der Waals surface area contributed by atoms with Gasteiger partial charge in [-0.05, 0) is 48.8 Å². The number of carbonyl (C=O) groups is 3. The van der Waals surface area contributed by atoms with E-state index in [1.807, 2.05) is 73.3 Å². The average Bonchev–Trinajstić information content (AvgIpc) is 3.11. The molecule has 2 N–H and O–H groups in total. The number of ketones is 1. The van der Waals surface area contributed by atoms with E-state index in [2.05, 4.69) is 24.5 Å². The van der Waals surface area contributed by atoms with Crippen LogP contribution in [0.4, 0.5) is 10.5 Å². The highest BCUT2D eigenvalue weighted by Gasteiger charge is 2.33. The highest BCUT2D eigenvalue weighted by molar-refractivity contribution is 5.94. The molecule has 8 heteroatoms. The van der Waals surface area contributed by atoms with Crippen molar-refractivity contribution in [1.29, 1.82) is 0 Å². The van der Waals surface area contributed by atoms with Crippen LogP contribution >= 0.6 is 0 Å². The van der Waals surface area contributed by atoms with Gasteiger partial charge in [0.15, 0.2) is 11.9 Å². The molecule has 0 spiro atoms. The van der Waals surface area contributed by atoms with E-state index in [1.54, 1.807) is 0 Å². The maximum atomic E-state index is 13.6. The molecule has 0 radical (unpaired) electrons. The highest BCUT2D eigenvalue weighted by atomic mass is 16.5. The van der Waals surface area contributed by atoms with Gasteiger partial charge in [-0.1, -0.05) is 70.2 Å². The van der Waals surface area contributed by atoms with Gasteiger partial charge in [-0.25, -0.2) is 4.79 Å². The number of hydrogen-bond acceptors (Lipinski definition) is 6. The standard InChI is InChI=1S/C30H41N3O5/c1-21(2)15-16-26(34)28(33-17-10-18-37-27-14-9-8-13-25(27)33)32-29(35)24(19-22(3)4)31-30(36)38-20-23-11-6-5-7-12-23/h5-9,11-14,21-22,24,28H,10,15-20H2,1-4H3,(H,31,36)(H,32,35)/t24-,28?/m0/s1. The van der Waals surface area contributed by atoms with E-state index in [-0.39, 0.29) is 18.3 Å². The Balaban J connectivity index is 1.78. The minimum Gasteiger partial charge on any atom is -0.491 e. The number of rotatable bonds is 12. The van der Waals surface area contributed by atoms with Crippen LogP contribution in [0.3, 0.4) is 0 Å². The normalized spacial score (nSPS) is 14.6. The summed E-state index contributed by atoms with van der Waals surface area (Å²) in [6.07, 6.45) is 0.614. The topological polar surface area (TPSA) is 97.0 Å². The lowest BCUT2D eigenvalue weighted by atomic mass is 10.0. The predicted molar refractivity (Wildman–Crippen MR) is 148 cm³/mol. The first-order valence-electron chi connectivity index (χ1n) is 13.5. The van der Waals surface area contributed by atoms with E-state index in [0.717, 1.165) is 17.7 Å². The maximum Gasteiger partial charge on any atom is 0.408 e.